The Morgan fingerprint density at radius 3 is 2.75 bits per heavy atom. The van der Waals surface area contributed by atoms with Crippen LogP contribution in [0.2, 0.25) is 0 Å². The molecule has 1 N–H and O–H groups in total. The number of furan rings is 1. The summed E-state index contributed by atoms with van der Waals surface area (Å²) in [6.07, 6.45) is 3.95. The number of amides is 1. The number of nitrogens with zero attached hydrogens (tertiary/aromatic N) is 3. The summed E-state index contributed by atoms with van der Waals surface area (Å²) in [5, 5.41) is 7.30. The van der Waals surface area contributed by atoms with Crippen molar-refractivity contribution >= 4 is 5.91 Å². The van der Waals surface area contributed by atoms with E-state index in [1.165, 1.54) is 12.8 Å². The molecule has 1 aliphatic carbocycles. The summed E-state index contributed by atoms with van der Waals surface area (Å²) in [6.45, 7) is 2.71. The Morgan fingerprint density at radius 1 is 1.29 bits per heavy atom. The first-order valence-electron chi connectivity index (χ1n) is 8.07. The van der Waals surface area contributed by atoms with E-state index >= 15 is 0 Å². The summed E-state index contributed by atoms with van der Waals surface area (Å²) in [6, 6.07) is 11.5. The first-order valence-corrected chi connectivity index (χ1v) is 8.07. The molecule has 0 bridgehead atoms. The van der Waals surface area contributed by atoms with E-state index in [1.54, 1.807) is 23.1 Å². The first-order chi connectivity index (χ1) is 11.7. The zero-order valence-electron chi connectivity index (χ0n) is 13.4. The molecule has 0 atom stereocenters. The minimum Gasteiger partial charge on any atom is -0.461 e. The molecular formula is C18H18N4O2. The average molecular weight is 322 g/mol. The molecule has 122 valence electrons. The van der Waals surface area contributed by atoms with Crippen LogP contribution in [0.5, 0.6) is 0 Å². The van der Waals surface area contributed by atoms with E-state index in [1.807, 2.05) is 31.2 Å². The van der Waals surface area contributed by atoms with Crippen LogP contribution in [-0.4, -0.2) is 27.2 Å². The Labute approximate surface area is 139 Å². The van der Waals surface area contributed by atoms with Crippen LogP contribution in [0.15, 0.2) is 47.1 Å². The van der Waals surface area contributed by atoms with Gasteiger partial charge in [-0.05, 0) is 49.9 Å². The monoisotopic (exact) mass is 322 g/mol. The highest BCUT2D eigenvalue weighted by molar-refractivity contribution is 5.90. The van der Waals surface area contributed by atoms with E-state index in [-0.39, 0.29) is 11.7 Å². The fraction of sp³-hybridized carbons (Fsp3) is 0.278. The second-order valence-electron chi connectivity index (χ2n) is 6.14. The number of carbonyl (C=O) groups excluding carboxylic acids is 1. The van der Waals surface area contributed by atoms with Crippen LogP contribution in [0.1, 0.15) is 29.0 Å². The zero-order valence-corrected chi connectivity index (χ0v) is 13.4. The predicted molar refractivity (Wildman–Crippen MR) is 88.9 cm³/mol. The summed E-state index contributed by atoms with van der Waals surface area (Å²) in [7, 11) is 0. The molecule has 6 nitrogen and oxygen atoms in total. The van der Waals surface area contributed by atoms with Crippen molar-refractivity contribution in [3.8, 4) is 17.3 Å². The number of carbonyl (C=O) groups is 1. The van der Waals surface area contributed by atoms with Crippen molar-refractivity contribution in [2.75, 3.05) is 6.54 Å². The fourth-order valence-electron chi connectivity index (χ4n) is 2.48. The number of aryl methyl sites for hydroxylation is 1. The van der Waals surface area contributed by atoms with E-state index in [2.05, 4.69) is 15.4 Å². The predicted octanol–water partition coefficient (Wildman–Crippen LogP) is 2.98. The van der Waals surface area contributed by atoms with E-state index in [4.69, 9.17) is 4.42 Å². The first kappa shape index (κ1) is 14.7. The molecule has 0 radical (unpaired) electrons. The number of aromatic nitrogens is 3. The van der Waals surface area contributed by atoms with Gasteiger partial charge in [0.05, 0.1) is 12.0 Å². The largest absolute Gasteiger partial charge is 0.461 e. The van der Waals surface area contributed by atoms with Crippen molar-refractivity contribution in [3.63, 3.8) is 0 Å². The lowest BCUT2D eigenvalue weighted by Gasteiger charge is -2.04. The normalized spacial score (nSPS) is 13.9. The molecule has 4 rings (SSSR count). The Morgan fingerprint density at radius 2 is 2.08 bits per heavy atom. The second-order valence-corrected chi connectivity index (χ2v) is 6.14. The maximum absolute atomic E-state index is 12.3. The molecule has 0 unspecified atom stereocenters. The van der Waals surface area contributed by atoms with Crippen molar-refractivity contribution in [1.29, 1.82) is 0 Å². The van der Waals surface area contributed by atoms with E-state index in [9.17, 15) is 4.79 Å². The number of hydrogen-bond donors (Lipinski definition) is 1. The van der Waals surface area contributed by atoms with Gasteiger partial charge in [-0.15, -0.1) is 5.10 Å². The molecule has 2 aromatic heterocycles. The van der Waals surface area contributed by atoms with Gasteiger partial charge in [0.15, 0.2) is 11.6 Å². The van der Waals surface area contributed by atoms with Crippen molar-refractivity contribution < 1.29 is 9.21 Å². The molecule has 24 heavy (non-hydrogen) atoms. The van der Waals surface area contributed by atoms with Crippen molar-refractivity contribution in [3.05, 3.63) is 54.0 Å². The van der Waals surface area contributed by atoms with Crippen molar-refractivity contribution in [2.45, 2.75) is 19.8 Å². The fourth-order valence-corrected chi connectivity index (χ4v) is 2.48. The highest BCUT2D eigenvalue weighted by Gasteiger charge is 2.24. The molecule has 1 saturated carbocycles. The van der Waals surface area contributed by atoms with E-state index in [0.29, 0.717) is 24.0 Å². The summed E-state index contributed by atoms with van der Waals surface area (Å²) in [5.74, 6) is 1.60. The molecule has 0 spiro atoms. The zero-order chi connectivity index (χ0) is 16.5. The Balaban J connectivity index is 1.70. The van der Waals surface area contributed by atoms with Gasteiger partial charge in [0.1, 0.15) is 0 Å². The molecule has 3 aromatic rings. The topological polar surface area (TPSA) is 73.0 Å². The van der Waals surface area contributed by atoms with Gasteiger partial charge in [0, 0.05) is 6.54 Å². The third kappa shape index (κ3) is 2.95. The smallest absolute Gasteiger partial charge is 0.291 e. The molecule has 1 aliphatic rings. The SMILES string of the molecule is Cc1ccc(-n2nc(C(=O)NCC3CC3)nc2-c2ccco2)cc1. The molecule has 1 fully saturated rings. The summed E-state index contributed by atoms with van der Waals surface area (Å²) in [4.78, 5) is 16.7. The number of hydrogen-bond acceptors (Lipinski definition) is 4. The number of benzene rings is 1. The standard InChI is InChI=1S/C18H18N4O2/c1-12-4-8-14(9-5-12)22-17(15-3-2-10-24-15)20-16(21-22)18(23)19-11-13-6-7-13/h2-5,8-10,13H,6-7,11H2,1H3,(H,19,23). The molecule has 1 aromatic carbocycles. The summed E-state index contributed by atoms with van der Waals surface area (Å²) >= 11 is 0. The maximum atomic E-state index is 12.3. The third-order valence-electron chi connectivity index (χ3n) is 4.08. The van der Waals surface area contributed by atoms with E-state index < -0.39 is 0 Å². The molecular weight excluding hydrogens is 304 g/mol. The van der Waals surface area contributed by atoms with Crippen molar-refractivity contribution in [1.82, 2.24) is 20.1 Å². The molecule has 0 saturated heterocycles. The average Bonchev–Trinajstić information content (AvgIpc) is 3.09. The van der Waals surface area contributed by atoms with Crippen LogP contribution < -0.4 is 5.32 Å². The molecule has 2 heterocycles. The number of nitrogens with one attached hydrogen (secondary N) is 1. The van der Waals surface area contributed by atoms with Crippen LogP contribution in [0.25, 0.3) is 17.3 Å². The minimum atomic E-state index is -0.249. The third-order valence-corrected chi connectivity index (χ3v) is 4.08. The summed E-state index contributed by atoms with van der Waals surface area (Å²) in [5.41, 5.74) is 1.99. The van der Waals surface area contributed by atoms with Gasteiger partial charge in [-0.3, -0.25) is 4.79 Å². The lowest BCUT2D eigenvalue weighted by molar-refractivity contribution is 0.0941. The Bertz CT molecular complexity index is 846. The van der Waals surface area contributed by atoms with Crippen LogP contribution in [0.3, 0.4) is 0 Å². The van der Waals surface area contributed by atoms with Gasteiger partial charge in [-0.25, -0.2) is 4.68 Å². The highest BCUT2D eigenvalue weighted by Crippen LogP contribution is 2.27. The molecule has 6 heteroatoms. The van der Waals surface area contributed by atoms with Gasteiger partial charge in [-0.1, -0.05) is 17.7 Å². The van der Waals surface area contributed by atoms with Crippen LogP contribution in [-0.2, 0) is 0 Å². The molecule has 1 amide bonds. The van der Waals surface area contributed by atoms with Gasteiger partial charge < -0.3 is 9.73 Å². The van der Waals surface area contributed by atoms with Crippen LogP contribution in [0.4, 0.5) is 0 Å². The van der Waals surface area contributed by atoms with Gasteiger partial charge in [0.25, 0.3) is 5.91 Å². The van der Waals surface area contributed by atoms with Gasteiger partial charge in [-0.2, -0.15) is 4.98 Å². The highest BCUT2D eigenvalue weighted by atomic mass is 16.3. The maximum Gasteiger partial charge on any atom is 0.291 e. The summed E-state index contributed by atoms with van der Waals surface area (Å²) < 4.78 is 7.09. The second kappa shape index (κ2) is 5.96. The van der Waals surface area contributed by atoms with Gasteiger partial charge in [0.2, 0.25) is 5.82 Å². The quantitative estimate of drug-likeness (QED) is 0.784. The van der Waals surface area contributed by atoms with Crippen LogP contribution in [0, 0.1) is 12.8 Å². The molecule has 0 aliphatic heterocycles. The minimum absolute atomic E-state index is 0.155. The Kier molecular flexibility index (Phi) is 3.65. The lowest BCUT2D eigenvalue weighted by Crippen LogP contribution is -2.26. The Hall–Kier alpha value is -2.89. The van der Waals surface area contributed by atoms with E-state index in [0.717, 1.165) is 11.3 Å². The number of rotatable bonds is 5. The lowest BCUT2D eigenvalue weighted by atomic mass is 10.2. The van der Waals surface area contributed by atoms with Crippen LogP contribution >= 0.6 is 0 Å². The van der Waals surface area contributed by atoms with Crippen molar-refractivity contribution in [2.24, 2.45) is 5.92 Å². The van der Waals surface area contributed by atoms with Gasteiger partial charge >= 0.3 is 0 Å².